The second kappa shape index (κ2) is 7.67. The highest BCUT2D eigenvalue weighted by molar-refractivity contribution is 8.13. The van der Waals surface area contributed by atoms with Crippen LogP contribution in [0.5, 0.6) is 0 Å². The van der Waals surface area contributed by atoms with E-state index < -0.39 is 0 Å². The van der Waals surface area contributed by atoms with Crippen LogP contribution < -0.4 is 5.32 Å². The number of para-hydroxylation sites is 1. The van der Waals surface area contributed by atoms with Crippen molar-refractivity contribution in [2.45, 2.75) is 38.0 Å². The summed E-state index contributed by atoms with van der Waals surface area (Å²) in [6.45, 7) is 2.12. The summed E-state index contributed by atoms with van der Waals surface area (Å²) >= 11 is 1.67. The number of nitrogens with one attached hydrogen (secondary N) is 1. The number of thioether (sulfide) groups is 1. The van der Waals surface area contributed by atoms with E-state index in [1.54, 1.807) is 11.8 Å². The molecular formula is C20H21N5OS. The predicted octanol–water partition coefficient (Wildman–Crippen LogP) is 3.55. The van der Waals surface area contributed by atoms with Crippen molar-refractivity contribution in [3.05, 3.63) is 46.9 Å². The highest BCUT2D eigenvalue weighted by Crippen LogP contribution is 2.36. The molecule has 2 atom stereocenters. The Bertz CT molecular complexity index is 936. The molecule has 1 aromatic carbocycles. The monoisotopic (exact) mass is 379 g/mol. The highest BCUT2D eigenvalue weighted by atomic mass is 32.2. The van der Waals surface area contributed by atoms with E-state index in [4.69, 9.17) is 4.99 Å². The second-order valence-electron chi connectivity index (χ2n) is 7.01. The van der Waals surface area contributed by atoms with Gasteiger partial charge in [-0.2, -0.15) is 5.26 Å². The number of aliphatic hydroxyl groups is 1. The van der Waals surface area contributed by atoms with Crippen molar-refractivity contribution < 1.29 is 5.11 Å². The van der Waals surface area contributed by atoms with E-state index in [0.29, 0.717) is 11.7 Å². The van der Waals surface area contributed by atoms with E-state index in [2.05, 4.69) is 21.4 Å². The first-order valence-corrected chi connectivity index (χ1v) is 10.1. The average Bonchev–Trinajstić information content (AvgIpc) is 3.15. The molecule has 0 radical (unpaired) electrons. The van der Waals surface area contributed by atoms with Gasteiger partial charge in [0.2, 0.25) is 5.82 Å². The van der Waals surface area contributed by atoms with Gasteiger partial charge in [0, 0.05) is 18.4 Å². The largest absolute Gasteiger partial charge is 0.396 e. The minimum absolute atomic E-state index is 0.164. The van der Waals surface area contributed by atoms with Crippen LogP contribution in [0.4, 0.5) is 11.5 Å². The fourth-order valence-corrected chi connectivity index (χ4v) is 4.79. The lowest BCUT2D eigenvalue weighted by molar-refractivity contribution is 0.229. The van der Waals surface area contributed by atoms with Gasteiger partial charge in [0.05, 0.1) is 16.9 Å². The van der Waals surface area contributed by atoms with Gasteiger partial charge in [-0.05, 0) is 43.7 Å². The van der Waals surface area contributed by atoms with Gasteiger partial charge in [0.1, 0.15) is 16.9 Å². The van der Waals surface area contributed by atoms with Crippen LogP contribution in [0.3, 0.4) is 0 Å². The molecule has 1 saturated carbocycles. The zero-order valence-electron chi connectivity index (χ0n) is 15.1. The van der Waals surface area contributed by atoms with Gasteiger partial charge < -0.3 is 10.4 Å². The van der Waals surface area contributed by atoms with Crippen LogP contribution in [-0.4, -0.2) is 32.8 Å². The molecule has 2 aliphatic rings. The number of anilines is 1. The minimum atomic E-state index is 0.164. The Morgan fingerprint density at radius 1 is 1.30 bits per heavy atom. The molecule has 138 valence electrons. The Balaban J connectivity index is 1.72. The van der Waals surface area contributed by atoms with Gasteiger partial charge in [0.15, 0.2) is 0 Å². The van der Waals surface area contributed by atoms with Crippen molar-refractivity contribution in [1.82, 2.24) is 9.97 Å². The second-order valence-corrected chi connectivity index (χ2v) is 7.97. The van der Waals surface area contributed by atoms with Gasteiger partial charge in [-0.3, -0.25) is 0 Å². The standard InChI is InChI=1S/C20H21N5OS/c1-12-18(20-24-16-5-3-2-4-14(16)11-27-20)19(25-17(9-21)22-12)23-15-7-6-13(8-15)10-26/h2-5,13,15,26H,6-8,10-11H2,1H3,(H,22,23,25). The zero-order valence-corrected chi connectivity index (χ0v) is 16.0. The number of aromatic nitrogens is 2. The molecule has 27 heavy (non-hydrogen) atoms. The lowest BCUT2D eigenvalue weighted by atomic mass is 10.1. The summed E-state index contributed by atoms with van der Waals surface area (Å²) in [5.74, 6) is 2.02. The number of fused-ring (bicyclic) bond motifs is 1. The van der Waals surface area contributed by atoms with E-state index in [9.17, 15) is 10.4 Å². The molecule has 1 aliphatic heterocycles. The number of benzene rings is 1. The van der Waals surface area contributed by atoms with Crippen molar-refractivity contribution in [2.24, 2.45) is 10.9 Å². The Hall–Kier alpha value is -2.43. The lowest BCUT2D eigenvalue weighted by Crippen LogP contribution is -2.21. The van der Waals surface area contributed by atoms with Crippen LogP contribution in [0.25, 0.3) is 0 Å². The Morgan fingerprint density at radius 2 is 2.15 bits per heavy atom. The number of nitriles is 1. The molecule has 4 rings (SSSR count). The third-order valence-corrected chi connectivity index (χ3v) is 6.15. The highest BCUT2D eigenvalue weighted by Gasteiger charge is 2.27. The summed E-state index contributed by atoms with van der Waals surface area (Å²) in [6.07, 6.45) is 2.89. The molecule has 1 aliphatic carbocycles. The quantitative estimate of drug-likeness (QED) is 0.844. The number of hydrogen-bond donors (Lipinski definition) is 2. The number of aliphatic hydroxyl groups excluding tert-OH is 1. The van der Waals surface area contributed by atoms with Gasteiger partial charge in [-0.1, -0.05) is 18.2 Å². The fraction of sp³-hybridized carbons (Fsp3) is 0.400. The number of hydrogen-bond acceptors (Lipinski definition) is 7. The molecule has 0 amide bonds. The lowest BCUT2D eigenvalue weighted by Gasteiger charge is -2.21. The van der Waals surface area contributed by atoms with Gasteiger partial charge in [-0.15, -0.1) is 11.8 Å². The first-order valence-electron chi connectivity index (χ1n) is 9.14. The summed E-state index contributed by atoms with van der Waals surface area (Å²) < 4.78 is 0. The van der Waals surface area contributed by atoms with E-state index >= 15 is 0 Å². The van der Waals surface area contributed by atoms with Crippen LogP contribution in [-0.2, 0) is 5.75 Å². The third kappa shape index (κ3) is 3.68. The van der Waals surface area contributed by atoms with Gasteiger partial charge in [0.25, 0.3) is 0 Å². The summed E-state index contributed by atoms with van der Waals surface area (Å²) in [5, 5.41) is 23.1. The summed E-state index contributed by atoms with van der Waals surface area (Å²) in [6, 6.07) is 10.4. The van der Waals surface area contributed by atoms with Crippen LogP contribution in [0.2, 0.25) is 0 Å². The first-order chi connectivity index (χ1) is 13.2. The molecule has 0 spiro atoms. The average molecular weight is 379 g/mol. The molecule has 1 fully saturated rings. The molecule has 2 aromatic rings. The maximum atomic E-state index is 9.41. The van der Waals surface area contributed by atoms with Crippen LogP contribution in [0, 0.1) is 24.2 Å². The first kappa shape index (κ1) is 18.0. The van der Waals surface area contributed by atoms with Gasteiger partial charge in [-0.25, -0.2) is 15.0 Å². The topological polar surface area (TPSA) is 94.2 Å². The molecule has 2 heterocycles. The van der Waals surface area contributed by atoms with Crippen LogP contribution in [0.1, 0.15) is 41.9 Å². The third-order valence-electron chi connectivity index (χ3n) is 5.12. The van der Waals surface area contributed by atoms with Crippen molar-refractivity contribution >= 4 is 28.3 Å². The summed E-state index contributed by atoms with van der Waals surface area (Å²) in [5.41, 5.74) is 3.82. The Labute approximate surface area is 162 Å². The number of aryl methyl sites for hydroxylation is 1. The molecule has 2 N–H and O–H groups in total. The fourth-order valence-electron chi connectivity index (χ4n) is 3.71. The number of aliphatic imine (C=N–C) groups is 1. The summed E-state index contributed by atoms with van der Waals surface area (Å²) in [7, 11) is 0. The molecule has 1 aromatic heterocycles. The van der Waals surface area contributed by atoms with Crippen LogP contribution in [0.15, 0.2) is 29.3 Å². The van der Waals surface area contributed by atoms with E-state index in [0.717, 1.165) is 47.0 Å². The zero-order chi connectivity index (χ0) is 18.8. The number of nitrogens with zero attached hydrogens (tertiary/aromatic N) is 4. The molecule has 0 saturated heterocycles. The minimum Gasteiger partial charge on any atom is -0.396 e. The van der Waals surface area contributed by atoms with Crippen molar-refractivity contribution in [3.8, 4) is 6.07 Å². The molecule has 2 unspecified atom stereocenters. The summed E-state index contributed by atoms with van der Waals surface area (Å²) in [4.78, 5) is 13.6. The normalized spacial score (nSPS) is 21.3. The smallest absolute Gasteiger partial charge is 0.234 e. The van der Waals surface area contributed by atoms with E-state index in [1.807, 2.05) is 31.2 Å². The van der Waals surface area contributed by atoms with E-state index in [-0.39, 0.29) is 18.5 Å². The molecule has 6 nitrogen and oxygen atoms in total. The Morgan fingerprint density at radius 3 is 2.93 bits per heavy atom. The maximum absolute atomic E-state index is 9.41. The van der Waals surface area contributed by atoms with Crippen LogP contribution >= 0.6 is 11.8 Å². The molecule has 7 heteroatoms. The Kier molecular flexibility index (Phi) is 5.10. The maximum Gasteiger partial charge on any atom is 0.234 e. The van der Waals surface area contributed by atoms with E-state index in [1.165, 1.54) is 5.56 Å². The molecular weight excluding hydrogens is 358 g/mol. The van der Waals surface area contributed by atoms with Gasteiger partial charge >= 0.3 is 0 Å². The van der Waals surface area contributed by atoms with Crippen molar-refractivity contribution in [1.29, 1.82) is 5.26 Å². The van der Waals surface area contributed by atoms with Crippen molar-refractivity contribution in [2.75, 3.05) is 11.9 Å². The number of rotatable bonds is 4. The SMILES string of the molecule is Cc1nc(C#N)nc(NC2CCC(CO)C2)c1C1=Nc2ccccc2CS1. The predicted molar refractivity (Wildman–Crippen MR) is 107 cm³/mol. The molecule has 0 bridgehead atoms. The van der Waals surface area contributed by atoms with Crippen molar-refractivity contribution in [3.63, 3.8) is 0 Å².